The number of fused-ring (bicyclic) bond motifs is 1. The first-order valence-electron chi connectivity index (χ1n) is 4.49. The molecule has 1 aliphatic rings. The monoisotopic (exact) mass is 289 g/mol. The summed E-state index contributed by atoms with van der Waals surface area (Å²) in [6.45, 7) is 0. The molecule has 7 heteroatoms. The van der Waals surface area contributed by atoms with Crippen LogP contribution >= 0.6 is 46.3 Å². The molecule has 3 heterocycles. The minimum absolute atomic E-state index is 0.538. The summed E-state index contributed by atoms with van der Waals surface area (Å²) in [6.07, 6.45) is 1.60. The van der Waals surface area contributed by atoms with Crippen LogP contribution in [0.5, 0.6) is 0 Å². The molecule has 3 nitrogen and oxygen atoms in total. The molecular formula is C9H5Cl2N3S2. The van der Waals surface area contributed by atoms with Gasteiger partial charge in [0.1, 0.15) is 9.49 Å². The second-order valence-electron chi connectivity index (χ2n) is 3.23. The Morgan fingerprint density at radius 3 is 2.81 bits per heavy atom. The van der Waals surface area contributed by atoms with Gasteiger partial charge in [0.2, 0.25) is 0 Å². The number of hydrogen-bond acceptors (Lipinski definition) is 5. The highest BCUT2D eigenvalue weighted by Gasteiger charge is 2.20. The first kappa shape index (κ1) is 10.8. The third kappa shape index (κ3) is 1.82. The third-order valence-corrected chi connectivity index (χ3v) is 4.59. The summed E-state index contributed by atoms with van der Waals surface area (Å²) in [5.74, 6) is 2.36. The van der Waals surface area contributed by atoms with Gasteiger partial charge in [0.05, 0.1) is 11.9 Å². The second-order valence-corrected chi connectivity index (χ2v) is 6.23. The summed E-state index contributed by atoms with van der Waals surface area (Å²) in [5, 5.41) is 1.25. The zero-order chi connectivity index (χ0) is 11.1. The van der Waals surface area contributed by atoms with E-state index in [1.807, 2.05) is 0 Å². The van der Waals surface area contributed by atoms with E-state index in [-0.39, 0.29) is 0 Å². The van der Waals surface area contributed by atoms with Gasteiger partial charge in [0.15, 0.2) is 10.8 Å². The molecule has 3 rings (SSSR count). The Hall–Kier alpha value is -0.360. The quantitative estimate of drug-likeness (QED) is 0.751. The lowest BCUT2D eigenvalue weighted by Gasteiger charge is -2.02. The lowest BCUT2D eigenvalue weighted by molar-refractivity contribution is 1.07. The van der Waals surface area contributed by atoms with Gasteiger partial charge in [-0.15, -0.1) is 0 Å². The van der Waals surface area contributed by atoms with E-state index in [2.05, 4.69) is 15.0 Å². The van der Waals surface area contributed by atoms with E-state index in [4.69, 9.17) is 23.2 Å². The highest BCUT2D eigenvalue weighted by molar-refractivity contribution is 7.98. The van der Waals surface area contributed by atoms with Gasteiger partial charge in [-0.25, -0.2) is 15.0 Å². The molecule has 0 atom stereocenters. The first-order chi connectivity index (χ1) is 7.74. The number of rotatable bonds is 1. The fourth-order valence-corrected chi connectivity index (χ4v) is 3.69. The van der Waals surface area contributed by atoms with Crippen molar-refractivity contribution in [1.29, 1.82) is 0 Å². The molecule has 0 fully saturated rings. The molecule has 0 aliphatic carbocycles. The van der Waals surface area contributed by atoms with E-state index in [1.54, 1.807) is 18.0 Å². The number of nitrogens with zero attached hydrogens (tertiary/aromatic N) is 3. The van der Waals surface area contributed by atoms with Crippen LogP contribution in [0.2, 0.25) is 9.49 Å². The Balaban J connectivity index is 2.12. The maximum Gasteiger partial charge on any atom is 0.190 e. The average molecular weight is 290 g/mol. The van der Waals surface area contributed by atoms with Crippen LogP contribution in [0.1, 0.15) is 11.3 Å². The molecule has 0 saturated heterocycles. The summed E-state index contributed by atoms with van der Waals surface area (Å²) in [4.78, 5) is 12.9. The van der Waals surface area contributed by atoms with Gasteiger partial charge < -0.3 is 0 Å². The number of thiazole rings is 1. The number of thioether (sulfide) groups is 1. The molecule has 0 aromatic carbocycles. The van der Waals surface area contributed by atoms with Crippen molar-refractivity contribution in [1.82, 2.24) is 15.0 Å². The summed E-state index contributed by atoms with van der Waals surface area (Å²) in [5.41, 5.74) is 2.07. The molecule has 0 radical (unpaired) electrons. The number of aromatic nitrogens is 3. The Morgan fingerprint density at radius 1 is 1.19 bits per heavy atom. The van der Waals surface area contributed by atoms with Crippen molar-refractivity contribution in [3.8, 4) is 10.8 Å². The van der Waals surface area contributed by atoms with Gasteiger partial charge in [0, 0.05) is 17.1 Å². The summed E-state index contributed by atoms with van der Waals surface area (Å²) in [6, 6.07) is 0. The Labute approximate surface area is 110 Å². The van der Waals surface area contributed by atoms with Gasteiger partial charge in [-0.05, 0) is 0 Å². The average Bonchev–Trinajstić information content (AvgIpc) is 2.85. The smallest absolute Gasteiger partial charge is 0.190 e. The van der Waals surface area contributed by atoms with E-state index in [0.717, 1.165) is 22.8 Å². The molecule has 0 amide bonds. The van der Waals surface area contributed by atoms with Crippen LogP contribution in [0.15, 0.2) is 6.20 Å². The molecule has 16 heavy (non-hydrogen) atoms. The minimum atomic E-state index is 0.538. The molecular weight excluding hydrogens is 285 g/mol. The number of hydrogen-bond donors (Lipinski definition) is 0. The highest BCUT2D eigenvalue weighted by Crippen LogP contribution is 2.35. The van der Waals surface area contributed by atoms with E-state index in [9.17, 15) is 0 Å². The summed E-state index contributed by atoms with van der Waals surface area (Å²) in [7, 11) is 0. The predicted molar refractivity (Wildman–Crippen MR) is 68.2 cm³/mol. The normalized spacial score (nSPS) is 14.1. The Bertz CT molecular complexity index is 556. The molecule has 1 aliphatic heterocycles. The molecule has 2 aromatic heterocycles. The van der Waals surface area contributed by atoms with Crippen LogP contribution in [0.4, 0.5) is 0 Å². The lowest BCUT2D eigenvalue weighted by atomic mass is 10.3. The van der Waals surface area contributed by atoms with Crippen molar-refractivity contribution in [3.63, 3.8) is 0 Å². The van der Waals surface area contributed by atoms with Gasteiger partial charge >= 0.3 is 0 Å². The topological polar surface area (TPSA) is 38.7 Å². The summed E-state index contributed by atoms with van der Waals surface area (Å²) < 4.78 is 0.629. The van der Waals surface area contributed by atoms with Crippen molar-refractivity contribution in [3.05, 3.63) is 26.9 Å². The molecule has 0 unspecified atom stereocenters. The fraction of sp³-hybridized carbons (Fsp3) is 0.222. The largest absolute Gasteiger partial charge is 0.240 e. The molecule has 0 spiro atoms. The van der Waals surface area contributed by atoms with Crippen molar-refractivity contribution in [2.24, 2.45) is 0 Å². The Morgan fingerprint density at radius 2 is 2.06 bits per heavy atom. The molecule has 2 aromatic rings. The highest BCUT2D eigenvalue weighted by atomic mass is 35.5. The van der Waals surface area contributed by atoms with Crippen molar-refractivity contribution in [2.45, 2.75) is 11.5 Å². The van der Waals surface area contributed by atoms with Crippen LogP contribution in [0, 0.1) is 0 Å². The van der Waals surface area contributed by atoms with Crippen LogP contribution in [0.3, 0.4) is 0 Å². The van der Waals surface area contributed by atoms with E-state index in [0.29, 0.717) is 20.3 Å². The molecule has 0 bridgehead atoms. The van der Waals surface area contributed by atoms with Crippen LogP contribution in [-0.2, 0) is 11.5 Å². The molecule has 82 valence electrons. The van der Waals surface area contributed by atoms with Crippen molar-refractivity contribution < 1.29 is 0 Å². The zero-order valence-electron chi connectivity index (χ0n) is 7.91. The first-order valence-corrected chi connectivity index (χ1v) is 7.21. The minimum Gasteiger partial charge on any atom is -0.240 e. The van der Waals surface area contributed by atoms with E-state index in [1.165, 1.54) is 11.3 Å². The van der Waals surface area contributed by atoms with Gasteiger partial charge in [0.25, 0.3) is 0 Å². The van der Waals surface area contributed by atoms with Gasteiger partial charge in [-0.2, -0.15) is 11.8 Å². The van der Waals surface area contributed by atoms with Gasteiger partial charge in [-0.1, -0.05) is 34.5 Å². The maximum absolute atomic E-state index is 6.11. The van der Waals surface area contributed by atoms with Crippen LogP contribution in [0.25, 0.3) is 10.8 Å². The molecule has 0 N–H and O–H groups in total. The van der Waals surface area contributed by atoms with Crippen molar-refractivity contribution in [2.75, 3.05) is 0 Å². The maximum atomic E-state index is 6.11. The zero-order valence-corrected chi connectivity index (χ0v) is 11.1. The third-order valence-electron chi connectivity index (χ3n) is 2.20. The lowest BCUT2D eigenvalue weighted by Crippen LogP contribution is -1.96. The number of halogens is 2. The van der Waals surface area contributed by atoms with E-state index >= 15 is 0 Å². The van der Waals surface area contributed by atoms with Crippen LogP contribution in [-0.4, -0.2) is 15.0 Å². The second kappa shape index (κ2) is 4.14. The predicted octanol–water partition coefficient (Wildman–Crippen LogP) is 3.65. The van der Waals surface area contributed by atoms with Crippen molar-refractivity contribution >= 4 is 46.3 Å². The Kier molecular flexibility index (Phi) is 2.79. The molecule has 0 saturated carbocycles. The van der Waals surface area contributed by atoms with Crippen LogP contribution < -0.4 is 0 Å². The fourth-order valence-electron chi connectivity index (χ4n) is 1.47. The van der Waals surface area contributed by atoms with E-state index < -0.39 is 0 Å². The SMILES string of the molecule is Clc1cnc(-c2nc(Cl)c3c(n2)CSC3)s1. The standard InChI is InChI=1S/C9H5Cl2N3S2/c10-6-1-12-9(16-6)8-13-5-3-15-2-4(5)7(11)14-8/h1H,2-3H2. The summed E-state index contributed by atoms with van der Waals surface area (Å²) >= 11 is 15.1. The van der Waals surface area contributed by atoms with Gasteiger partial charge in [-0.3, -0.25) is 0 Å².